The van der Waals surface area contributed by atoms with Gasteiger partial charge in [0.05, 0.1) is 5.88 Å². The van der Waals surface area contributed by atoms with Crippen molar-refractivity contribution in [1.82, 2.24) is 9.44 Å². The molecule has 2 aliphatic rings. The molecule has 8 heavy (non-hydrogen) atoms. The summed E-state index contributed by atoms with van der Waals surface area (Å²) >= 11 is 0. The average molecular weight is 130 g/mol. The largest absolute Gasteiger partial charge is 0.265 e. The Labute approximate surface area is 50.9 Å². The molecule has 46 valence electrons. The molecule has 0 saturated carbocycles. The lowest BCUT2D eigenvalue weighted by molar-refractivity contribution is 0.922. The summed E-state index contributed by atoms with van der Waals surface area (Å²) in [6, 6.07) is 0. The molecule has 2 N–H and O–H groups in total. The number of hydrogen-bond donors (Lipinski definition) is 2. The van der Waals surface area contributed by atoms with Crippen LogP contribution in [-0.4, -0.2) is 12.4 Å². The van der Waals surface area contributed by atoms with E-state index in [0.717, 1.165) is 0 Å². The Hall–Kier alpha value is 0.01000. The summed E-state index contributed by atoms with van der Waals surface area (Å²) < 4.78 is 6.79. The van der Waals surface area contributed by atoms with Crippen LogP contribution in [0.5, 0.6) is 0 Å². The predicted octanol–water partition coefficient (Wildman–Crippen LogP) is 0.689. The van der Waals surface area contributed by atoms with Gasteiger partial charge in [0.2, 0.25) is 0 Å². The first-order valence-electron chi connectivity index (χ1n) is 2.88. The molecule has 2 rings (SSSR count). The first-order valence-corrected chi connectivity index (χ1v) is 4.75. The molecule has 0 bridgehead atoms. The van der Waals surface area contributed by atoms with Crippen molar-refractivity contribution in [3.63, 3.8) is 0 Å². The van der Waals surface area contributed by atoms with Crippen molar-refractivity contribution >= 4 is 10.4 Å². The minimum absolute atomic E-state index is 0.513. The average Bonchev–Trinajstić information content (AvgIpc) is 2.52. The van der Waals surface area contributed by atoms with Gasteiger partial charge in [0, 0.05) is 6.54 Å². The Morgan fingerprint density at radius 2 is 2.25 bits per heavy atom. The van der Waals surface area contributed by atoms with Crippen LogP contribution in [0.15, 0.2) is 11.5 Å². The summed E-state index contributed by atoms with van der Waals surface area (Å²) in [6.45, 7) is 1.17. The summed E-state index contributed by atoms with van der Waals surface area (Å²) in [5, 5.41) is 2.30. The fraction of sp³-hybridized carbons (Fsp3) is 0.600. The van der Waals surface area contributed by atoms with Gasteiger partial charge in [-0.25, -0.2) is 0 Å². The Kier molecular flexibility index (Phi) is 0.907. The van der Waals surface area contributed by atoms with Gasteiger partial charge < -0.3 is 0 Å². The second kappa shape index (κ2) is 1.50. The molecule has 0 aromatic carbocycles. The zero-order valence-corrected chi connectivity index (χ0v) is 5.50. The quantitative estimate of drug-likeness (QED) is 0.473. The highest BCUT2D eigenvalue weighted by Crippen LogP contribution is 2.53. The zero-order chi connectivity index (χ0) is 5.45. The van der Waals surface area contributed by atoms with E-state index in [4.69, 9.17) is 0 Å². The standard InChI is InChI=1S/C5H10N2S/c1-2-4-8(5-7-8)6-3-1/h2,4,6-7H,1,3,5H2. The minimum atomic E-state index is -0.513. The van der Waals surface area contributed by atoms with E-state index in [0.29, 0.717) is 0 Å². The van der Waals surface area contributed by atoms with Crippen LogP contribution in [0.3, 0.4) is 0 Å². The van der Waals surface area contributed by atoms with Gasteiger partial charge in [0.15, 0.2) is 0 Å². The first kappa shape index (κ1) is 4.85. The molecular weight excluding hydrogens is 120 g/mol. The lowest BCUT2D eigenvalue weighted by Gasteiger charge is -2.18. The van der Waals surface area contributed by atoms with Crippen LogP contribution in [0.4, 0.5) is 0 Å². The van der Waals surface area contributed by atoms with E-state index in [2.05, 4.69) is 20.9 Å². The van der Waals surface area contributed by atoms with E-state index < -0.39 is 10.4 Å². The van der Waals surface area contributed by atoms with Crippen molar-refractivity contribution in [2.75, 3.05) is 12.4 Å². The first-order chi connectivity index (χ1) is 3.91. The van der Waals surface area contributed by atoms with E-state index in [1.54, 1.807) is 0 Å². The Morgan fingerprint density at radius 3 is 2.62 bits per heavy atom. The van der Waals surface area contributed by atoms with Crippen molar-refractivity contribution in [2.24, 2.45) is 0 Å². The second-order valence-electron chi connectivity index (χ2n) is 2.14. The van der Waals surface area contributed by atoms with E-state index in [-0.39, 0.29) is 0 Å². The molecule has 0 radical (unpaired) electrons. The maximum absolute atomic E-state index is 3.45. The molecule has 1 unspecified atom stereocenters. The van der Waals surface area contributed by atoms with Crippen molar-refractivity contribution in [1.29, 1.82) is 0 Å². The topological polar surface area (TPSA) is 34.0 Å². The van der Waals surface area contributed by atoms with Crippen LogP contribution in [0.1, 0.15) is 6.42 Å². The summed E-state index contributed by atoms with van der Waals surface area (Å²) in [5.74, 6) is 1.20. The van der Waals surface area contributed by atoms with Gasteiger partial charge in [-0.3, -0.25) is 9.44 Å². The van der Waals surface area contributed by atoms with Crippen LogP contribution in [-0.2, 0) is 0 Å². The van der Waals surface area contributed by atoms with Crippen LogP contribution in [0.2, 0.25) is 0 Å². The lowest BCUT2D eigenvalue weighted by atomic mass is 10.4. The third kappa shape index (κ3) is 0.670. The molecule has 2 heterocycles. The van der Waals surface area contributed by atoms with Crippen LogP contribution in [0, 0.1) is 0 Å². The highest BCUT2D eigenvalue weighted by atomic mass is 32.3. The highest BCUT2D eigenvalue weighted by molar-refractivity contribution is 8.38. The third-order valence-electron chi connectivity index (χ3n) is 1.45. The van der Waals surface area contributed by atoms with Crippen molar-refractivity contribution in [3.05, 3.63) is 11.5 Å². The second-order valence-corrected chi connectivity index (χ2v) is 4.86. The lowest BCUT2D eigenvalue weighted by Crippen LogP contribution is -2.15. The minimum Gasteiger partial charge on any atom is -0.265 e. The van der Waals surface area contributed by atoms with Crippen molar-refractivity contribution < 1.29 is 0 Å². The molecule has 2 aliphatic heterocycles. The van der Waals surface area contributed by atoms with E-state index >= 15 is 0 Å². The zero-order valence-electron chi connectivity index (χ0n) is 4.68. The summed E-state index contributed by atoms with van der Waals surface area (Å²) in [5.41, 5.74) is 0. The van der Waals surface area contributed by atoms with Gasteiger partial charge in [0.1, 0.15) is 0 Å². The molecule has 1 spiro atoms. The molecule has 0 aromatic rings. The van der Waals surface area contributed by atoms with Gasteiger partial charge in [0.25, 0.3) is 0 Å². The van der Waals surface area contributed by atoms with E-state index in [9.17, 15) is 0 Å². The summed E-state index contributed by atoms with van der Waals surface area (Å²) in [7, 11) is -0.513. The van der Waals surface area contributed by atoms with Gasteiger partial charge in [-0.2, -0.15) is 0 Å². The fourth-order valence-corrected chi connectivity index (χ4v) is 2.81. The maximum atomic E-state index is 3.45. The Bertz CT molecular complexity index is 128. The monoisotopic (exact) mass is 130 g/mol. The van der Waals surface area contributed by atoms with Crippen LogP contribution in [0.25, 0.3) is 0 Å². The molecule has 1 fully saturated rings. The molecule has 1 saturated heterocycles. The van der Waals surface area contributed by atoms with Crippen LogP contribution >= 0.6 is 10.4 Å². The molecule has 0 amide bonds. The van der Waals surface area contributed by atoms with Gasteiger partial charge >= 0.3 is 0 Å². The maximum Gasteiger partial charge on any atom is 0.0631 e. The highest BCUT2D eigenvalue weighted by Gasteiger charge is 2.33. The number of hydrogen-bond acceptors (Lipinski definition) is 2. The fourth-order valence-electron chi connectivity index (χ4n) is 0.867. The van der Waals surface area contributed by atoms with Crippen LogP contribution < -0.4 is 9.44 Å². The predicted molar refractivity (Wildman–Crippen MR) is 37.4 cm³/mol. The SMILES string of the molecule is C1=CS2(CN2)NCC1. The molecule has 1 atom stereocenters. The smallest absolute Gasteiger partial charge is 0.0631 e. The number of rotatable bonds is 0. The molecule has 3 heteroatoms. The molecule has 0 aromatic heterocycles. The Balaban J connectivity index is 2.13. The van der Waals surface area contributed by atoms with Crippen molar-refractivity contribution in [3.8, 4) is 0 Å². The van der Waals surface area contributed by atoms with Gasteiger partial charge in [-0.15, -0.1) is 0 Å². The summed E-state index contributed by atoms with van der Waals surface area (Å²) in [6.07, 6.45) is 3.47. The normalized spacial score (nSPS) is 51.0. The van der Waals surface area contributed by atoms with Crippen molar-refractivity contribution in [2.45, 2.75) is 6.42 Å². The third-order valence-corrected chi connectivity index (χ3v) is 3.74. The molecule has 0 aliphatic carbocycles. The molecular formula is C5H10N2S. The Morgan fingerprint density at radius 1 is 1.38 bits per heavy atom. The number of nitrogens with one attached hydrogen (secondary N) is 2. The van der Waals surface area contributed by atoms with E-state index in [1.807, 2.05) is 0 Å². The summed E-state index contributed by atoms with van der Waals surface area (Å²) in [4.78, 5) is 0. The molecule has 2 nitrogen and oxygen atoms in total. The van der Waals surface area contributed by atoms with Gasteiger partial charge in [-0.05, 0) is 11.8 Å². The van der Waals surface area contributed by atoms with E-state index in [1.165, 1.54) is 18.8 Å². The van der Waals surface area contributed by atoms with Gasteiger partial charge in [-0.1, -0.05) is 16.5 Å².